The monoisotopic (exact) mass is 188 g/mol. The summed E-state index contributed by atoms with van der Waals surface area (Å²) in [5.41, 5.74) is 0. The molecular weight excluding hydrogens is 166 g/mol. The van der Waals surface area contributed by atoms with Crippen LogP contribution < -0.4 is 0 Å². The van der Waals surface area contributed by atoms with Crippen LogP contribution in [0.4, 0.5) is 0 Å². The minimum atomic E-state index is -0.0807. The molecule has 0 aromatic carbocycles. The van der Waals surface area contributed by atoms with Crippen LogP contribution in [0.25, 0.3) is 0 Å². The second-order valence-electron chi connectivity index (χ2n) is 4.31. The summed E-state index contributed by atoms with van der Waals surface area (Å²) >= 11 is 0. The molecule has 0 rings (SSSR count). The molecule has 78 valence electrons. The van der Waals surface area contributed by atoms with Crippen molar-refractivity contribution < 1.29 is 14.0 Å². The Morgan fingerprint density at radius 1 is 1.38 bits per heavy atom. The number of hydrogen-bond acceptors (Lipinski definition) is 2. The molecule has 0 aliphatic carbocycles. The quantitative estimate of drug-likeness (QED) is 0.482. The second kappa shape index (κ2) is 5.22. The van der Waals surface area contributed by atoms with E-state index in [4.69, 9.17) is 4.74 Å². The lowest BCUT2D eigenvalue weighted by molar-refractivity contribution is -0.894. The first kappa shape index (κ1) is 12.4. The molecule has 0 saturated carbocycles. The number of esters is 1. The first-order chi connectivity index (χ1) is 5.88. The first-order valence-corrected chi connectivity index (χ1v) is 4.84. The molecule has 0 N–H and O–H groups in total. The molecule has 3 nitrogen and oxygen atoms in total. The van der Waals surface area contributed by atoms with E-state index in [0.717, 1.165) is 10.9 Å². The lowest BCUT2D eigenvalue weighted by Crippen LogP contribution is -2.43. The van der Waals surface area contributed by atoms with Gasteiger partial charge in [0.05, 0.1) is 40.2 Å². The van der Waals surface area contributed by atoms with Crippen molar-refractivity contribution in [2.45, 2.75) is 32.7 Å². The minimum Gasteiger partial charge on any atom is -0.466 e. The number of rotatable bonds is 5. The van der Waals surface area contributed by atoms with Gasteiger partial charge < -0.3 is 9.22 Å². The Hall–Kier alpha value is -0.570. The number of carbonyl (C=O) groups excluding carboxylic acids is 1. The van der Waals surface area contributed by atoms with E-state index in [1.165, 1.54) is 0 Å². The Morgan fingerprint density at radius 2 is 1.92 bits per heavy atom. The molecule has 0 bridgehead atoms. The van der Waals surface area contributed by atoms with Crippen LogP contribution in [-0.2, 0) is 9.53 Å². The van der Waals surface area contributed by atoms with Gasteiger partial charge in [-0.3, -0.25) is 4.79 Å². The van der Waals surface area contributed by atoms with Gasteiger partial charge in [0.25, 0.3) is 0 Å². The first-order valence-electron chi connectivity index (χ1n) is 4.84. The fourth-order valence-electron chi connectivity index (χ4n) is 0.947. The van der Waals surface area contributed by atoms with E-state index in [-0.39, 0.29) is 5.97 Å². The molecule has 1 atom stereocenters. The third-order valence-electron chi connectivity index (χ3n) is 2.39. The zero-order valence-electron chi connectivity index (χ0n) is 9.46. The van der Waals surface area contributed by atoms with Gasteiger partial charge in [0.2, 0.25) is 0 Å². The van der Waals surface area contributed by atoms with Gasteiger partial charge in [0.1, 0.15) is 0 Å². The van der Waals surface area contributed by atoms with Gasteiger partial charge in [-0.2, -0.15) is 0 Å². The molecule has 1 unspecified atom stereocenters. The SMILES string of the molecule is CCOC(=O)CCC(C)[N+](C)(C)C. The average molecular weight is 188 g/mol. The van der Waals surface area contributed by atoms with Crippen molar-refractivity contribution in [2.24, 2.45) is 0 Å². The van der Waals surface area contributed by atoms with E-state index in [2.05, 4.69) is 28.1 Å². The number of carbonyl (C=O) groups is 1. The largest absolute Gasteiger partial charge is 0.466 e. The summed E-state index contributed by atoms with van der Waals surface area (Å²) in [7, 11) is 6.40. The van der Waals surface area contributed by atoms with Gasteiger partial charge in [0, 0.05) is 6.42 Å². The maximum absolute atomic E-state index is 11.0. The van der Waals surface area contributed by atoms with E-state index in [1.54, 1.807) is 0 Å². The number of hydrogen-bond donors (Lipinski definition) is 0. The predicted molar refractivity (Wildman–Crippen MR) is 53.4 cm³/mol. The molecule has 0 heterocycles. The van der Waals surface area contributed by atoms with Crippen molar-refractivity contribution in [3.8, 4) is 0 Å². The fraction of sp³-hybridized carbons (Fsp3) is 0.900. The standard InChI is InChI=1S/C10H22NO2/c1-6-13-10(12)8-7-9(2)11(3,4)5/h9H,6-8H2,1-5H3/q+1. The summed E-state index contributed by atoms with van der Waals surface area (Å²) in [5, 5.41) is 0. The van der Waals surface area contributed by atoms with Crippen molar-refractivity contribution in [2.75, 3.05) is 27.7 Å². The maximum atomic E-state index is 11.0. The van der Waals surface area contributed by atoms with E-state index < -0.39 is 0 Å². The van der Waals surface area contributed by atoms with E-state index in [9.17, 15) is 4.79 Å². The summed E-state index contributed by atoms with van der Waals surface area (Å²) in [5.74, 6) is -0.0807. The number of nitrogens with zero attached hydrogens (tertiary/aromatic N) is 1. The van der Waals surface area contributed by atoms with Crippen LogP contribution in [0, 0.1) is 0 Å². The smallest absolute Gasteiger partial charge is 0.306 e. The molecule has 13 heavy (non-hydrogen) atoms. The van der Waals surface area contributed by atoms with Gasteiger partial charge in [0.15, 0.2) is 0 Å². The third-order valence-corrected chi connectivity index (χ3v) is 2.39. The number of quaternary nitrogens is 1. The Kier molecular flexibility index (Phi) is 4.99. The van der Waals surface area contributed by atoms with E-state index in [1.807, 2.05) is 6.92 Å². The van der Waals surface area contributed by atoms with E-state index >= 15 is 0 Å². The normalized spacial score (nSPS) is 13.9. The summed E-state index contributed by atoms with van der Waals surface area (Å²) in [4.78, 5) is 11.0. The van der Waals surface area contributed by atoms with E-state index in [0.29, 0.717) is 19.1 Å². The Morgan fingerprint density at radius 3 is 2.31 bits per heavy atom. The fourth-order valence-corrected chi connectivity index (χ4v) is 0.947. The van der Waals surface area contributed by atoms with Crippen molar-refractivity contribution in [1.29, 1.82) is 0 Å². The highest BCUT2D eigenvalue weighted by atomic mass is 16.5. The predicted octanol–water partition coefficient (Wildman–Crippen LogP) is 1.42. The molecular formula is C10H22NO2+. The van der Waals surface area contributed by atoms with Crippen LogP contribution in [0.1, 0.15) is 26.7 Å². The molecule has 0 aromatic heterocycles. The van der Waals surface area contributed by atoms with Crippen LogP contribution in [0.2, 0.25) is 0 Å². The van der Waals surface area contributed by atoms with Gasteiger partial charge in [-0.05, 0) is 13.8 Å². The summed E-state index contributed by atoms with van der Waals surface area (Å²) in [6, 6.07) is 0.490. The summed E-state index contributed by atoms with van der Waals surface area (Å²) < 4.78 is 5.75. The van der Waals surface area contributed by atoms with Crippen LogP contribution in [-0.4, -0.2) is 44.2 Å². The molecule has 0 amide bonds. The highest BCUT2D eigenvalue weighted by Gasteiger charge is 2.19. The minimum absolute atomic E-state index is 0.0807. The van der Waals surface area contributed by atoms with Crippen LogP contribution >= 0.6 is 0 Å². The number of ether oxygens (including phenoxy) is 1. The van der Waals surface area contributed by atoms with Crippen LogP contribution in [0.5, 0.6) is 0 Å². The third kappa shape index (κ3) is 5.64. The zero-order valence-corrected chi connectivity index (χ0v) is 9.46. The molecule has 0 spiro atoms. The van der Waals surface area contributed by atoms with Gasteiger partial charge in [-0.25, -0.2) is 0 Å². The van der Waals surface area contributed by atoms with Crippen molar-refractivity contribution in [1.82, 2.24) is 0 Å². The summed E-state index contributed by atoms with van der Waals surface area (Å²) in [6.07, 6.45) is 1.42. The van der Waals surface area contributed by atoms with Gasteiger partial charge >= 0.3 is 5.97 Å². The maximum Gasteiger partial charge on any atom is 0.306 e. The van der Waals surface area contributed by atoms with Crippen LogP contribution in [0.3, 0.4) is 0 Å². The van der Waals surface area contributed by atoms with Crippen molar-refractivity contribution in [3.05, 3.63) is 0 Å². The average Bonchev–Trinajstić information content (AvgIpc) is 1.99. The van der Waals surface area contributed by atoms with Crippen molar-refractivity contribution >= 4 is 5.97 Å². The molecule has 0 aliphatic heterocycles. The Balaban J connectivity index is 3.70. The van der Waals surface area contributed by atoms with Gasteiger partial charge in [-0.15, -0.1) is 0 Å². The highest BCUT2D eigenvalue weighted by Crippen LogP contribution is 2.09. The molecule has 0 radical (unpaired) electrons. The zero-order chi connectivity index (χ0) is 10.5. The highest BCUT2D eigenvalue weighted by molar-refractivity contribution is 5.69. The molecule has 0 fully saturated rings. The Labute approximate surface area is 81.3 Å². The summed E-state index contributed by atoms with van der Waals surface area (Å²) in [6.45, 7) is 4.47. The molecule has 0 aromatic rings. The molecule has 3 heteroatoms. The van der Waals surface area contributed by atoms with Gasteiger partial charge in [-0.1, -0.05) is 0 Å². The topological polar surface area (TPSA) is 26.3 Å². The van der Waals surface area contributed by atoms with Crippen molar-refractivity contribution in [3.63, 3.8) is 0 Å². The molecule has 0 saturated heterocycles. The second-order valence-corrected chi connectivity index (χ2v) is 4.31. The molecule has 0 aliphatic rings. The lowest BCUT2D eigenvalue weighted by atomic mass is 10.1. The Bertz CT molecular complexity index is 161. The lowest BCUT2D eigenvalue weighted by Gasteiger charge is -2.31. The van der Waals surface area contributed by atoms with Crippen LogP contribution in [0.15, 0.2) is 0 Å².